The van der Waals surface area contributed by atoms with E-state index in [4.69, 9.17) is 18.9 Å². The lowest BCUT2D eigenvalue weighted by molar-refractivity contribution is 0.118. The van der Waals surface area contributed by atoms with Gasteiger partial charge in [-0.05, 0) is 61.9 Å². The van der Waals surface area contributed by atoms with Crippen molar-refractivity contribution in [2.24, 2.45) is 0 Å². The van der Waals surface area contributed by atoms with Crippen molar-refractivity contribution in [3.05, 3.63) is 77.9 Å². The Bertz CT molecular complexity index is 1240. The lowest BCUT2D eigenvalue weighted by Gasteiger charge is -2.23. The first-order valence-corrected chi connectivity index (χ1v) is 12.3. The van der Waals surface area contributed by atoms with Gasteiger partial charge in [0.25, 0.3) is 0 Å². The third-order valence-electron chi connectivity index (χ3n) is 6.30. The van der Waals surface area contributed by atoms with Gasteiger partial charge in [0.2, 0.25) is 11.8 Å². The number of cyclic esters (lactones) is 1. The Morgan fingerprint density at radius 2 is 2.17 bits per heavy atom. The van der Waals surface area contributed by atoms with E-state index in [2.05, 4.69) is 21.4 Å². The van der Waals surface area contributed by atoms with Crippen molar-refractivity contribution in [3.63, 3.8) is 0 Å². The van der Waals surface area contributed by atoms with Crippen molar-refractivity contribution in [2.45, 2.75) is 38.2 Å². The highest BCUT2D eigenvalue weighted by Crippen LogP contribution is 2.29. The molecule has 0 spiro atoms. The predicted octanol–water partition coefficient (Wildman–Crippen LogP) is 4.34. The maximum atomic E-state index is 12.4. The minimum absolute atomic E-state index is 0.256. The monoisotopic (exact) mass is 490 g/mol. The van der Waals surface area contributed by atoms with Gasteiger partial charge in [0, 0.05) is 18.8 Å². The molecule has 3 aliphatic rings. The number of aromatic nitrogens is 2. The topological polar surface area (TPSA) is 95.0 Å². The Morgan fingerprint density at radius 1 is 1.22 bits per heavy atom. The molecule has 1 saturated heterocycles. The quantitative estimate of drug-likeness (QED) is 0.492. The van der Waals surface area contributed by atoms with Crippen LogP contribution in [0, 0.1) is 0 Å². The standard InChI is InChI=1S/C27H30N4O5/c1-33-24-11-10-22-26(30-24)20(12-14-29-22)9-5-6-13-28-15-21-16-31(27(32)35-21)25-18-34-17-23(36-25)19-7-3-2-4-8-19/h2-3,7,10-12,14,17-18,21,28H,4-6,8-9,13,15-16H2,1H3/t21-/m1/s1. The van der Waals surface area contributed by atoms with Gasteiger partial charge in [-0.1, -0.05) is 18.2 Å². The van der Waals surface area contributed by atoms with Gasteiger partial charge in [-0.3, -0.25) is 4.98 Å². The second-order valence-electron chi connectivity index (χ2n) is 8.80. The van der Waals surface area contributed by atoms with Gasteiger partial charge in [-0.15, -0.1) is 0 Å². The molecular formula is C27H30N4O5. The lowest BCUT2D eigenvalue weighted by atomic mass is 10.0. The fourth-order valence-corrected chi connectivity index (χ4v) is 4.40. The molecule has 0 radical (unpaired) electrons. The van der Waals surface area contributed by atoms with Crippen molar-refractivity contribution in [3.8, 4) is 5.88 Å². The van der Waals surface area contributed by atoms with E-state index in [1.54, 1.807) is 13.4 Å². The molecule has 36 heavy (non-hydrogen) atoms. The molecule has 9 nitrogen and oxygen atoms in total. The van der Waals surface area contributed by atoms with Crippen molar-refractivity contribution >= 4 is 17.1 Å². The zero-order valence-corrected chi connectivity index (χ0v) is 20.3. The summed E-state index contributed by atoms with van der Waals surface area (Å²) in [5.41, 5.74) is 3.97. The van der Waals surface area contributed by atoms with E-state index >= 15 is 0 Å². The van der Waals surface area contributed by atoms with Gasteiger partial charge >= 0.3 is 6.09 Å². The molecule has 0 saturated carbocycles. The number of allylic oxidation sites excluding steroid dienone is 4. The highest BCUT2D eigenvalue weighted by atomic mass is 16.6. The molecule has 9 heteroatoms. The fraction of sp³-hybridized carbons (Fsp3) is 0.370. The van der Waals surface area contributed by atoms with Gasteiger partial charge < -0.3 is 24.3 Å². The summed E-state index contributed by atoms with van der Waals surface area (Å²) in [6.07, 6.45) is 15.0. The summed E-state index contributed by atoms with van der Waals surface area (Å²) in [5.74, 6) is 1.57. The van der Waals surface area contributed by atoms with Crippen molar-refractivity contribution in [1.29, 1.82) is 0 Å². The molecule has 1 fully saturated rings. The first-order valence-electron chi connectivity index (χ1n) is 12.3. The number of rotatable bonds is 10. The number of aryl methyl sites for hydroxylation is 1. The average molecular weight is 491 g/mol. The van der Waals surface area contributed by atoms with Crippen LogP contribution >= 0.6 is 0 Å². The number of carbonyl (C=O) groups is 1. The van der Waals surface area contributed by atoms with Crippen LogP contribution in [0.25, 0.3) is 11.0 Å². The number of methoxy groups -OCH3 is 1. The Balaban J connectivity index is 1.05. The third-order valence-corrected chi connectivity index (χ3v) is 6.30. The third kappa shape index (κ3) is 5.52. The van der Waals surface area contributed by atoms with E-state index < -0.39 is 6.09 Å². The van der Waals surface area contributed by atoms with Gasteiger partial charge in [0.05, 0.1) is 24.7 Å². The fourth-order valence-electron chi connectivity index (χ4n) is 4.40. The highest BCUT2D eigenvalue weighted by Gasteiger charge is 2.36. The molecule has 0 aromatic carbocycles. The second kappa shape index (κ2) is 11.3. The molecule has 1 amide bonds. The van der Waals surface area contributed by atoms with Gasteiger partial charge in [0.15, 0.2) is 12.0 Å². The van der Waals surface area contributed by atoms with E-state index in [1.165, 1.54) is 11.2 Å². The smallest absolute Gasteiger partial charge is 0.417 e. The normalized spacial score (nSPS) is 19.2. The minimum atomic E-state index is -0.428. The number of nitrogens with one attached hydrogen (secondary N) is 1. The van der Waals surface area contributed by atoms with Crippen LogP contribution < -0.4 is 10.1 Å². The molecule has 2 aliphatic heterocycles. The highest BCUT2D eigenvalue weighted by molar-refractivity contribution is 5.78. The number of ether oxygens (including phenoxy) is 4. The minimum Gasteiger partial charge on any atom is -0.481 e. The molecule has 2 aromatic heterocycles. The number of pyridine rings is 2. The SMILES string of the molecule is COc1ccc2nccc(CCCCNC[C@@H]3CN(C4=COC=C(C5=CC=CCC5)O4)C(=O)O3)c2n1. The molecule has 0 unspecified atom stereocenters. The summed E-state index contributed by atoms with van der Waals surface area (Å²) < 4.78 is 22.2. The molecule has 1 atom stereocenters. The Labute approximate surface area is 210 Å². The lowest BCUT2D eigenvalue weighted by Crippen LogP contribution is -2.32. The van der Waals surface area contributed by atoms with E-state index in [9.17, 15) is 4.79 Å². The Morgan fingerprint density at radius 3 is 3.03 bits per heavy atom. The van der Waals surface area contributed by atoms with Crippen molar-refractivity contribution < 1.29 is 23.7 Å². The van der Waals surface area contributed by atoms with Crippen LogP contribution in [0.4, 0.5) is 4.79 Å². The second-order valence-corrected chi connectivity index (χ2v) is 8.80. The van der Waals surface area contributed by atoms with Gasteiger partial charge in [0.1, 0.15) is 12.4 Å². The largest absolute Gasteiger partial charge is 0.481 e. The van der Waals surface area contributed by atoms with Crippen LogP contribution in [0.2, 0.25) is 0 Å². The number of fused-ring (bicyclic) bond motifs is 1. The Kier molecular flexibility index (Phi) is 7.47. The molecule has 1 aliphatic carbocycles. The first kappa shape index (κ1) is 23.9. The van der Waals surface area contributed by atoms with Crippen LogP contribution in [-0.4, -0.2) is 53.8 Å². The van der Waals surface area contributed by atoms with Gasteiger partial charge in [-0.2, -0.15) is 0 Å². The number of nitrogens with zero attached hydrogens (tertiary/aromatic N) is 3. The Hall–Kier alpha value is -3.85. The summed E-state index contributed by atoms with van der Waals surface area (Å²) in [6.45, 7) is 1.81. The summed E-state index contributed by atoms with van der Waals surface area (Å²) >= 11 is 0. The molecule has 4 heterocycles. The predicted molar refractivity (Wildman–Crippen MR) is 134 cm³/mol. The van der Waals surface area contributed by atoms with Gasteiger partial charge in [-0.25, -0.2) is 14.7 Å². The van der Waals surface area contributed by atoms with E-state index in [0.29, 0.717) is 30.6 Å². The number of hydrogen-bond donors (Lipinski definition) is 1. The molecule has 5 rings (SSSR count). The van der Waals surface area contributed by atoms with E-state index in [1.807, 2.05) is 36.5 Å². The van der Waals surface area contributed by atoms with Crippen LogP contribution in [0.3, 0.4) is 0 Å². The number of carbonyl (C=O) groups excluding carboxylic acids is 1. The zero-order valence-electron chi connectivity index (χ0n) is 20.3. The molecule has 2 aromatic rings. The summed E-state index contributed by atoms with van der Waals surface area (Å²) in [5, 5.41) is 3.40. The summed E-state index contributed by atoms with van der Waals surface area (Å²) in [6, 6.07) is 5.77. The maximum absolute atomic E-state index is 12.4. The average Bonchev–Trinajstić information content (AvgIpc) is 3.31. The summed E-state index contributed by atoms with van der Waals surface area (Å²) in [7, 11) is 1.62. The van der Waals surface area contributed by atoms with Crippen LogP contribution in [0.15, 0.2) is 72.4 Å². The maximum Gasteiger partial charge on any atom is 0.417 e. The van der Waals surface area contributed by atoms with Crippen LogP contribution in [0.5, 0.6) is 5.88 Å². The van der Waals surface area contributed by atoms with E-state index in [-0.39, 0.29) is 6.10 Å². The van der Waals surface area contributed by atoms with Crippen molar-refractivity contribution in [1.82, 2.24) is 20.2 Å². The van der Waals surface area contributed by atoms with E-state index in [0.717, 1.165) is 60.8 Å². The zero-order chi connectivity index (χ0) is 24.7. The van der Waals surface area contributed by atoms with Crippen LogP contribution in [0.1, 0.15) is 31.2 Å². The molecular weight excluding hydrogens is 460 g/mol. The summed E-state index contributed by atoms with van der Waals surface area (Å²) in [4.78, 5) is 22.9. The molecule has 188 valence electrons. The molecule has 0 bridgehead atoms. The number of unbranched alkanes of at least 4 members (excludes halogenated alkanes) is 1. The first-order chi connectivity index (χ1) is 17.7. The number of hydrogen-bond acceptors (Lipinski definition) is 8. The number of amides is 1. The van der Waals surface area contributed by atoms with Crippen LogP contribution in [-0.2, 0) is 20.6 Å². The molecule has 1 N–H and O–H groups in total. The van der Waals surface area contributed by atoms with Crippen molar-refractivity contribution in [2.75, 3.05) is 26.7 Å².